The zero-order valence-electron chi connectivity index (χ0n) is 12.5. The number of unbranched alkanes of at least 4 members (excludes halogenated alkanes) is 6. The van der Waals surface area contributed by atoms with E-state index >= 15 is 0 Å². The lowest BCUT2D eigenvalue weighted by atomic mass is 9.94. The van der Waals surface area contributed by atoms with Crippen LogP contribution in [-0.2, 0) is 6.42 Å². The lowest BCUT2D eigenvalue weighted by molar-refractivity contribution is 0.521. The molecule has 1 aliphatic heterocycles. The van der Waals surface area contributed by atoms with Crippen molar-refractivity contribution in [1.82, 2.24) is 0 Å². The standard InChI is InChI=1S/C18H29N/c1-2-3-4-5-6-7-8-12-17-15-14-16-11-9-10-13-18(16)19-17/h9-11,13,17,19H,2-8,12,14-15H2,1H3. The molecule has 0 saturated heterocycles. The maximum Gasteiger partial charge on any atom is 0.0374 e. The number of para-hydroxylation sites is 1. The third-order valence-corrected chi connectivity index (χ3v) is 4.30. The molecule has 106 valence electrons. The fraction of sp³-hybridized carbons (Fsp3) is 0.667. The Kier molecular flexibility index (Phi) is 6.26. The van der Waals surface area contributed by atoms with Crippen molar-refractivity contribution in [1.29, 1.82) is 0 Å². The minimum atomic E-state index is 0.713. The van der Waals surface area contributed by atoms with Gasteiger partial charge in [0.15, 0.2) is 0 Å². The number of anilines is 1. The van der Waals surface area contributed by atoms with Gasteiger partial charge in [-0.1, -0.05) is 70.1 Å². The summed E-state index contributed by atoms with van der Waals surface area (Å²) in [6, 6.07) is 9.49. The van der Waals surface area contributed by atoms with Crippen molar-refractivity contribution in [3.8, 4) is 0 Å². The van der Waals surface area contributed by atoms with Crippen molar-refractivity contribution in [2.24, 2.45) is 0 Å². The average molecular weight is 259 g/mol. The summed E-state index contributed by atoms with van der Waals surface area (Å²) in [6.45, 7) is 2.28. The summed E-state index contributed by atoms with van der Waals surface area (Å²) in [5, 5.41) is 3.71. The number of fused-ring (bicyclic) bond motifs is 1. The van der Waals surface area contributed by atoms with Gasteiger partial charge in [0, 0.05) is 11.7 Å². The quantitative estimate of drug-likeness (QED) is 0.603. The molecule has 1 nitrogen and oxygen atoms in total. The molecule has 1 unspecified atom stereocenters. The van der Waals surface area contributed by atoms with Crippen molar-refractivity contribution in [2.45, 2.75) is 77.2 Å². The number of nitrogens with one attached hydrogen (secondary N) is 1. The van der Waals surface area contributed by atoms with Crippen LogP contribution in [0, 0.1) is 0 Å². The summed E-state index contributed by atoms with van der Waals surface area (Å²) < 4.78 is 0. The van der Waals surface area contributed by atoms with Crippen LogP contribution in [0.3, 0.4) is 0 Å². The molecule has 1 heterocycles. The second-order valence-electron chi connectivity index (χ2n) is 5.95. The first kappa shape index (κ1) is 14.4. The third-order valence-electron chi connectivity index (χ3n) is 4.30. The molecule has 0 fully saturated rings. The smallest absolute Gasteiger partial charge is 0.0374 e. The SMILES string of the molecule is CCCCCCCCCC1CCc2ccccc2N1. The van der Waals surface area contributed by atoms with E-state index in [0.717, 1.165) is 0 Å². The summed E-state index contributed by atoms with van der Waals surface area (Å²) in [6.07, 6.45) is 13.8. The van der Waals surface area contributed by atoms with Crippen molar-refractivity contribution < 1.29 is 0 Å². The van der Waals surface area contributed by atoms with E-state index in [9.17, 15) is 0 Å². The second kappa shape index (κ2) is 8.24. The van der Waals surface area contributed by atoms with Crippen LogP contribution in [0.5, 0.6) is 0 Å². The van der Waals surface area contributed by atoms with Crippen LogP contribution in [0.15, 0.2) is 24.3 Å². The van der Waals surface area contributed by atoms with E-state index in [1.54, 1.807) is 0 Å². The first-order valence-corrected chi connectivity index (χ1v) is 8.24. The van der Waals surface area contributed by atoms with Crippen molar-refractivity contribution >= 4 is 5.69 Å². The van der Waals surface area contributed by atoms with Gasteiger partial charge in [-0.15, -0.1) is 0 Å². The average Bonchev–Trinajstić information content (AvgIpc) is 2.46. The molecule has 0 amide bonds. The van der Waals surface area contributed by atoms with Crippen LogP contribution in [-0.4, -0.2) is 6.04 Å². The molecule has 1 aliphatic rings. The molecule has 0 bridgehead atoms. The zero-order valence-corrected chi connectivity index (χ0v) is 12.5. The van der Waals surface area contributed by atoms with Crippen molar-refractivity contribution in [2.75, 3.05) is 5.32 Å². The first-order chi connectivity index (χ1) is 9.40. The van der Waals surface area contributed by atoms with E-state index in [1.807, 2.05) is 0 Å². The highest BCUT2D eigenvalue weighted by Gasteiger charge is 2.16. The Morgan fingerprint density at radius 3 is 2.58 bits per heavy atom. The molecule has 0 spiro atoms. The molecule has 1 aromatic carbocycles. The Morgan fingerprint density at radius 2 is 1.74 bits per heavy atom. The molecule has 0 aliphatic carbocycles. The largest absolute Gasteiger partial charge is 0.382 e. The zero-order chi connectivity index (χ0) is 13.3. The van der Waals surface area contributed by atoms with Crippen LogP contribution in [0.2, 0.25) is 0 Å². The van der Waals surface area contributed by atoms with Gasteiger partial charge in [0.1, 0.15) is 0 Å². The maximum atomic E-state index is 3.71. The molecular formula is C18H29N. The second-order valence-corrected chi connectivity index (χ2v) is 5.95. The number of hydrogen-bond acceptors (Lipinski definition) is 1. The van der Waals surface area contributed by atoms with Crippen LogP contribution in [0.4, 0.5) is 5.69 Å². The van der Waals surface area contributed by atoms with Gasteiger partial charge in [0.2, 0.25) is 0 Å². The molecular weight excluding hydrogens is 230 g/mol. The van der Waals surface area contributed by atoms with E-state index in [0.29, 0.717) is 6.04 Å². The maximum absolute atomic E-state index is 3.71. The summed E-state index contributed by atoms with van der Waals surface area (Å²) in [7, 11) is 0. The molecule has 1 aromatic rings. The molecule has 1 heteroatoms. The Hall–Kier alpha value is -0.980. The Labute approximate surface area is 118 Å². The normalized spacial score (nSPS) is 17.8. The minimum Gasteiger partial charge on any atom is -0.382 e. The van der Waals surface area contributed by atoms with Gasteiger partial charge in [0.05, 0.1) is 0 Å². The summed E-state index contributed by atoms with van der Waals surface area (Å²) >= 11 is 0. The van der Waals surface area contributed by atoms with Gasteiger partial charge in [-0.25, -0.2) is 0 Å². The van der Waals surface area contributed by atoms with Crippen LogP contribution in [0.1, 0.15) is 70.3 Å². The van der Waals surface area contributed by atoms with Crippen LogP contribution in [0.25, 0.3) is 0 Å². The Bertz CT molecular complexity index is 358. The molecule has 1 atom stereocenters. The highest BCUT2D eigenvalue weighted by atomic mass is 14.9. The molecule has 0 radical (unpaired) electrons. The fourth-order valence-corrected chi connectivity index (χ4v) is 3.07. The monoisotopic (exact) mass is 259 g/mol. The topological polar surface area (TPSA) is 12.0 Å². The number of benzene rings is 1. The summed E-state index contributed by atoms with van der Waals surface area (Å²) in [4.78, 5) is 0. The van der Waals surface area contributed by atoms with E-state index in [4.69, 9.17) is 0 Å². The summed E-state index contributed by atoms with van der Waals surface area (Å²) in [5.41, 5.74) is 2.88. The van der Waals surface area contributed by atoms with Gasteiger partial charge in [-0.3, -0.25) is 0 Å². The van der Waals surface area contributed by atoms with Crippen molar-refractivity contribution in [3.63, 3.8) is 0 Å². The van der Waals surface area contributed by atoms with Gasteiger partial charge in [0.25, 0.3) is 0 Å². The first-order valence-electron chi connectivity index (χ1n) is 8.24. The van der Waals surface area contributed by atoms with Crippen molar-refractivity contribution in [3.05, 3.63) is 29.8 Å². The highest BCUT2D eigenvalue weighted by Crippen LogP contribution is 2.26. The third kappa shape index (κ3) is 4.89. The van der Waals surface area contributed by atoms with E-state index in [-0.39, 0.29) is 0 Å². The molecule has 2 rings (SSSR count). The van der Waals surface area contributed by atoms with Gasteiger partial charge < -0.3 is 5.32 Å². The summed E-state index contributed by atoms with van der Waals surface area (Å²) in [5.74, 6) is 0. The minimum absolute atomic E-state index is 0.713. The Balaban J connectivity index is 1.58. The lowest BCUT2D eigenvalue weighted by Gasteiger charge is -2.27. The predicted molar refractivity (Wildman–Crippen MR) is 84.8 cm³/mol. The number of rotatable bonds is 8. The van der Waals surface area contributed by atoms with E-state index in [2.05, 4.69) is 36.5 Å². The molecule has 0 saturated carbocycles. The Morgan fingerprint density at radius 1 is 1.00 bits per heavy atom. The van der Waals surface area contributed by atoms with Crippen LogP contribution >= 0.6 is 0 Å². The number of hydrogen-bond donors (Lipinski definition) is 1. The van der Waals surface area contributed by atoms with Crippen LogP contribution < -0.4 is 5.32 Å². The lowest BCUT2D eigenvalue weighted by Crippen LogP contribution is -2.25. The van der Waals surface area contributed by atoms with Gasteiger partial charge in [-0.2, -0.15) is 0 Å². The molecule has 19 heavy (non-hydrogen) atoms. The fourth-order valence-electron chi connectivity index (χ4n) is 3.07. The van der Waals surface area contributed by atoms with Gasteiger partial charge in [-0.05, 0) is 30.9 Å². The van der Waals surface area contributed by atoms with E-state index < -0.39 is 0 Å². The predicted octanol–water partition coefficient (Wildman–Crippen LogP) is 5.55. The number of aryl methyl sites for hydroxylation is 1. The molecule has 0 aromatic heterocycles. The molecule has 1 N–H and O–H groups in total. The van der Waals surface area contributed by atoms with Gasteiger partial charge >= 0.3 is 0 Å². The highest BCUT2D eigenvalue weighted by molar-refractivity contribution is 5.53. The van der Waals surface area contributed by atoms with E-state index in [1.165, 1.54) is 75.5 Å².